The molecule has 0 heterocycles. The van der Waals surface area contributed by atoms with E-state index in [2.05, 4.69) is 5.32 Å². The zero-order valence-corrected chi connectivity index (χ0v) is 13.2. The highest BCUT2D eigenvalue weighted by atomic mass is 19.4. The molecule has 132 valence electrons. The monoisotopic (exact) mass is 343 g/mol. The number of halogens is 3. The lowest BCUT2D eigenvalue weighted by Crippen LogP contribution is -2.37. The van der Waals surface area contributed by atoms with Crippen LogP contribution in [0.25, 0.3) is 0 Å². The van der Waals surface area contributed by atoms with Crippen LogP contribution in [-0.2, 0) is 15.7 Å². The minimum Gasteiger partial charge on any atom is -0.452 e. The number of hydrogen-bond donors (Lipinski definition) is 1. The second-order valence-electron chi connectivity index (χ2n) is 5.91. The first kappa shape index (κ1) is 18.3. The van der Waals surface area contributed by atoms with Crippen molar-refractivity contribution in [3.05, 3.63) is 35.4 Å². The molecule has 1 aliphatic rings. The third-order valence-electron chi connectivity index (χ3n) is 4.00. The Bertz CT molecular complexity index is 561. The Morgan fingerprint density at radius 1 is 1.04 bits per heavy atom. The van der Waals surface area contributed by atoms with Gasteiger partial charge in [-0.25, -0.2) is 4.79 Å². The van der Waals surface area contributed by atoms with Crippen LogP contribution in [0.5, 0.6) is 0 Å². The van der Waals surface area contributed by atoms with Gasteiger partial charge in [0.15, 0.2) is 6.61 Å². The van der Waals surface area contributed by atoms with Crippen molar-refractivity contribution < 1.29 is 27.5 Å². The molecule has 0 radical (unpaired) electrons. The topological polar surface area (TPSA) is 55.4 Å². The van der Waals surface area contributed by atoms with Gasteiger partial charge in [-0.1, -0.05) is 25.7 Å². The standard InChI is InChI=1S/C17H20F3NO3/c18-17(19,20)13-9-7-12(8-10-13)16(23)24-11-15(22)21-14-5-3-1-2-4-6-14/h7-10,14H,1-6,11H2,(H,21,22). The van der Waals surface area contributed by atoms with Crippen molar-refractivity contribution in [1.29, 1.82) is 0 Å². The zero-order valence-electron chi connectivity index (χ0n) is 13.2. The molecule has 0 bridgehead atoms. The Labute approximate surface area is 138 Å². The van der Waals surface area contributed by atoms with E-state index in [-0.39, 0.29) is 17.5 Å². The second kappa shape index (κ2) is 8.17. The van der Waals surface area contributed by atoms with Gasteiger partial charge in [0, 0.05) is 6.04 Å². The van der Waals surface area contributed by atoms with Crippen molar-refractivity contribution >= 4 is 11.9 Å². The highest BCUT2D eigenvalue weighted by Crippen LogP contribution is 2.29. The summed E-state index contributed by atoms with van der Waals surface area (Å²) >= 11 is 0. The van der Waals surface area contributed by atoms with Gasteiger partial charge >= 0.3 is 12.1 Å². The lowest BCUT2D eigenvalue weighted by Gasteiger charge is -2.16. The van der Waals surface area contributed by atoms with Crippen LogP contribution in [0.3, 0.4) is 0 Å². The van der Waals surface area contributed by atoms with Crippen LogP contribution in [0, 0.1) is 0 Å². The molecule has 1 saturated carbocycles. The fourth-order valence-corrected chi connectivity index (χ4v) is 2.70. The highest BCUT2D eigenvalue weighted by Gasteiger charge is 2.30. The quantitative estimate of drug-likeness (QED) is 0.670. The third kappa shape index (κ3) is 5.54. The second-order valence-corrected chi connectivity index (χ2v) is 5.91. The number of rotatable bonds is 4. The van der Waals surface area contributed by atoms with Crippen LogP contribution in [0.15, 0.2) is 24.3 Å². The van der Waals surface area contributed by atoms with Gasteiger partial charge in [-0.2, -0.15) is 13.2 Å². The van der Waals surface area contributed by atoms with Crippen LogP contribution in [-0.4, -0.2) is 24.5 Å². The number of carbonyl (C=O) groups is 2. The third-order valence-corrected chi connectivity index (χ3v) is 4.00. The number of benzene rings is 1. The molecule has 2 rings (SSSR count). The Balaban J connectivity index is 1.80. The molecule has 0 saturated heterocycles. The van der Waals surface area contributed by atoms with E-state index < -0.39 is 24.3 Å². The summed E-state index contributed by atoms with van der Waals surface area (Å²) in [5.74, 6) is -1.21. The van der Waals surface area contributed by atoms with E-state index in [1.807, 2.05) is 0 Å². The van der Waals surface area contributed by atoms with Crippen molar-refractivity contribution in [2.75, 3.05) is 6.61 Å². The minimum atomic E-state index is -4.46. The number of ether oxygens (including phenoxy) is 1. The van der Waals surface area contributed by atoms with Gasteiger partial charge in [-0.3, -0.25) is 4.79 Å². The maximum absolute atomic E-state index is 12.5. The molecule has 0 aliphatic heterocycles. The van der Waals surface area contributed by atoms with E-state index in [1.165, 1.54) is 0 Å². The van der Waals surface area contributed by atoms with E-state index in [1.54, 1.807) is 0 Å². The molecule has 1 aromatic carbocycles. The van der Waals surface area contributed by atoms with E-state index in [4.69, 9.17) is 4.74 Å². The summed E-state index contributed by atoms with van der Waals surface area (Å²) in [6.07, 6.45) is 1.83. The van der Waals surface area contributed by atoms with Gasteiger partial charge in [0.1, 0.15) is 0 Å². The van der Waals surface area contributed by atoms with Crippen LogP contribution in [0.1, 0.15) is 54.4 Å². The van der Waals surface area contributed by atoms with Crippen molar-refractivity contribution in [2.24, 2.45) is 0 Å². The molecule has 4 nitrogen and oxygen atoms in total. The minimum absolute atomic E-state index is 0.0229. The van der Waals surface area contributed by atoms with Crippen LogP contribution < -0.4 is 5.32 Å². The maximum Gasteiger partial charge on any atom is 0.416 e. The lowest BCUT2D eigenvalue weighted by molar-refractivity contribution is -0.137. The van der Waals surface area contributed by atoms with Crippen molar-refractivity contribution in [3.8, 4) is 0 Å². The summed E-state index contributed by atoms with van der Waals surface area (Å²) < 4.78 is 42.2. The molecule has 0 spiro atoms. The number of hydrogen-bond acceptors (Lipinski definition) is 3. The fourth-order valence-electron chi connectivity index (χ4n) is 2.70. The van der Waals surface area contributed by atoms with E-state index in [0.29, 0.717) is 0 Å². The van der Waals surface area contributed by atoms with Gasteiger partial charge in [0.05, 0.1) is 11.1 Å². The molecular weight excluding hydrogens is 323 g/mol. The average molecular weight is 343 g/mol. The predicted molar refractivity (Wildman–Crippen MR) is 81.4 cm³/mol. The summed E-state index contributed by atoms with van der Waals surface area (Å²) in [6.45, 7) is -0.434. The molecule has 1 fully saturated rings. The Morgan fingerprint density at radius 3 is 2.17 bits per heavy atom. The summed E-state index contributed by atoms with van der Waals surface area (Å²) in [5.41, 5.74) is -0.865. The van der Waals surface area contributed by atoms with Gasteiger partial charge in [0.2, 0.25) is 0 Å². The average Bonchev–Trinajstić information content (AvgIpc) is 2.80. The summed E-state index contributed by atoms with van der Waals surface area (Å²) in [7, 11) is 0. The number of nitrogens with one attached hydrogen (secondary N) is 1. The SMILES string of the molecule is O=C(COC(=O)c1ccc(C(F)(F)F)cc1)NC1CCCCCC1. The fraction of sp³-hybridized carbons (Fsp3) is 0.529. The molecule has 0 aromatic heterocycles. The van der Waals surface area contributed by atoms with Gasteiger partial charge in [-0.15, -0.1) is 0 Å². The first-order valence-corrected chi connectivity index (χ1v) is 8.00. The molecule has 1 amide bonds. The number of amides is 1. The zero-order chi connectivity index (χ0) is 17.6. The molecule has 1 aliphatic carbocycles. The van der Waals surface area contributed by atoms with Crippen LogP contribution in [0.4, 0.5) is 13.2 Å². The molecule has 0 unspecified atom stereocenters. The highest BCUT2D eigenvalue weighted by molar-refractivity contribution is 5.91. The number of alkyl halides is 3. The van der Waals surface area contributed by atoms with Gasteiger partial charge < -0.3 is 10.1 Å². The number of carbonyl (C=O) groups excluding carboxylic acids is 2. The molecule has 24 heavy (non-hydrogen) atoms. The lowest BCUT2D eigenvalue weighted by atomic mass is 10.1. The first-order valence-electron chi connectivity index (χ1n) is 8.00. The predicted octanol–water partition coefficient (Wildman–Crippen LogP) is 3.70. The Hall–Kier alpha value is -2.05. The largest absolute Gasteiger partial charge is 0.452 e. The Kier molecular flexibility index (Phi) is 6.23. The maximum atomic E-state index is 12.5. The number of esters is 1. The molecule has 1 N–H and O–H groups in total. The first-order chi connectivity index (χ1) is 11.4. The normalized spacial score (nSPS) is 16.3. The van der Waals surface area contributed by atoms with Gasteiger partial charge in [-0.05, 0) is 37.1 Å². The molecule has 1 aromatic rings. The van der Waals surface area contributed by atoms with Crippen LogP contribution >= 0.6 is 0 Å². The van der Waals surface area contributed by atoms with Gasteiger partial charge in [0.25, 0.3) is 5.91 Å². The smallest absolute Gasteiger partial charge is 0.416 e. The van der Waals surface area contributed by atoms with Crippen molar-refractivity contribution in [3.63, 3.8) is 0 Å². The molecule has 7 heteroatoms. The van der Waals surface area contributed by atoms with Crippen molar-refractivity contribution in [2.45, 2.75) is 50.7 Å². The summed E-state index contributed by atoms with van der Waals surface area (Å²) in [6, 6.07) is 3.79. The molecular formula is C17H20F3NO3. The molecule has 0 atom stereocenters. The summed E-state index contributed by atoms with van der Waals surface area (Å²) in [4.78, 5) is 23.6. The van der Waals surface area contributed by atoms with E-state index >= 15 is 0 Å². The Morgan fingerprint density at radius 2 is 1.62 bits per heavy atom. The summed E-state index contributed by atoms with van der Waals surface area (Å²) in [5, 5.41) is 2.83. The van der Waals surface area contributed by atoms with Crippen LogP contribution in [0.2, 0.25) is 0 Å². The van der Waals surface area contributed by atoms with E-state index in [0.717, 1.165) is 62.8 Å². The van der Waals surface area contributed by atoms with E-state index in [9.17, 15) is 22.8 Å². The van der Waals surface area contributed by atoms with Crippen molar-refractivity contribution in [1.82, 2.24) is 5.32 Å².